The molecule has 1 aliphatic rings. The van der Waals surface area contributed by atoms with Crippen molar-refractivity contribution >= 4 is 17.3 Å². The molecule has 2 N–H and O–H groups in total. The van der Waals surface area contributed by atoms with Crippen LogP contribution in [0.2, 0.25) is 0 Å². The zero-order valence-corrected chi connectivity index (χ0v) is 12.3. The fourth-order valence-corrected chi connectivity index (χ4v) is 2.20. The Morgan fingerprint density at radius 2 is 2.05 bits per heavy atom. The van der Waals surface area contributed by atoms with Crippen LogP contribution in [0, 0.1) is 12.3 Å². The third kappa shape index (κ3) is 4.40. The summed E-state index contributed by atoms with van der Waals surface area (Å²) in [4.78, 5) is 14.0. The Morgan fingerprint density at radius 3 is 2.67 bits per heavy atom. The van der Waals surface area contributed by atoms with E-state index in [4.69, 9.17) is 11.2 Å². The smallest absolute Gasteiger partial charge is 0.242 e. The Morgan fingerprint density at radius 1 is 1.38 bits per heavy atom. The minimum absolute atomic E-state index is 0.106. The van der Waals surface area contributed by atoms with Gasteiger partial charge in [-0.1, -0.05) is 5.92 Å². The first kappa shape index (κ1) is 15.2. The highest BCUT2D eigenvalue weighted by atomic mass is 16.5. The molecule has 5 nitrogen and oxygen atoms in total. The first-order chi connectivity index (χ1) is 10.2. The molecule has 1 atom stereocenters. The average Bonchev–Trinajstić information content (AvgIpc) is 2.54. The van der Waals surface area contributed by atoms with Gasteiger partial charge in [0.05, 0.1) is 19.8 Å². The van der Waals surface area contributed by atoms with Crippen LogP contribution in [0.5, 0.6) is 0 Å². The lowest BCUT2D eigenvalue weighted by Crippen LogP contribution is -2.37. The van der Waals surface area contributed by atoms with Crippen molar-refractivity contribution in [3.05, 3.63) is 24.3 Å². The normalized spacial score (nSPS) is 15.9. The molecule has 1 aromatic rings. The molecule has 1 aromatic carbocycles. The summed E-state index contributed by atoms with van der Waals surface area (Å²) in [5, 5.41) is 5.81. The Hall–Kier alpha value is -2.19. The number of nitrogens with one attached hydrogen (secondary N) is 2. The molecule has 1 saturated heterocycles. The number of ether oxygens (including phenoxy) is 1. The van der Waals surface area contributed by atoms with Crippen LogP contribution in [0.15, 0.2) is 24.3 Å². The lowest BCUT2D eigenvalue weighted by atomic mass is 10.2. The summed E-state index contributed by atoms with van der Waals surface area (Å²) in [5.41, 5.74) is 2.09. The molecule has 0 aromatic heterocycles. The molecule has 2 rings (SSSR count). The van der Waals surface area contributed by atoms with E-state index in [-0.39, 0.29) is 18.5 Å². The number of hydrogen-bond donors (Lipinski definition) is 2. The maximum absolute atomic E-state index is 11.7. The molecular weight excluding hydrogens is 266 g/mol. The number of morpholine rings is 1. The summed E-state index contributed by atoms with van der Waals surface area (Å²) in [6.07, 6.45) is 5.12. The van der Waals surface area contributed by atoms with E-state index in [0.29, 0.717) is 0 Å². The van der Waals surface area contributed by atoms with E-state index in [1.165, 1.54) is 5.69 Å². The molecule has 1 aliphatic heterocycles. The zero-order chi connectivity index (χ0) is 15.1. The SMILES string of the molecule is C#CCNC(=O)C(C)Nc1ccc(N2CCOCC2)cc1. The van der Waals surface area contributed by atoms with Crippen LogP contribution in [0.1, 0.15) is 6.92 Å². The summed E-state index contributed by atoms with van der Waals surface area (Å²) in [6, 6.07) is 7.75. The van der Waals surface area contributed by atoms with Gasteiger partial charge in [0.25, 0.3) is 0 Å². The molecule has 1 amide bonds. The van der Waals surface area contributed by atoms with Crippen LogP contribution in [-0.2, 0) is 9.53 Å². The standard InChI is InChI=1S/C16H21N3O2/c1-3-8-17-16(20)13(2)18-14-4-6-15(7-5-14)19-9-11-21-12-10-19/h1,4-7,13,18H,8-12H2,2H3,(H,17,20). The molecular formula is C16H21N3O2. The van der Waals surface area contributed by atoms with Crippen LogP contribution in [0.25, 0.3) is 0 Å². The van der Waals surface area contributed by atoms with E-state index in [1.54, 1.807) is 0 Å². The van der Waals surface area contributed by atoms with Crippen LogP contribution in [0.3, 0.4) is 0 Å². The minimum Gasteiger partial charge on any atom is -0.378 e. The Balaban J connectivity index is 1.89. The van der Waals surface area contributed by atoms with Crippen LogP contribution in [0.4, 0.5) is 11.4 Å². The van der Waals surface area contributed by atoms with Crippen molar-refractivity contribution in [3.63, 3.8) is 0 Å². The van der Waals surface area contributed by atoms with Gasteiger partial charge in [0, 0.05) is 24.5 Å². The third-order valence-electron chi connectivity index (χ3n) is 3.38. The maximum Gasteiger partial charge on any atom is 0.242 e. The van der Waals surface area contributed by atoms with Crippen molar-refractivity contribution in [1.82, 2.24) is 5.32 Å². The Kier molecular flexibility index (Phi) is 5.47. The molecule has 1 fully saturated rings. The van der Waals surface area contributed by atoms with Gasteiger partial charge in [-0.25, -0.2) is 0 Å². The lowest BCUT2D eigenvalue weighted by Gasteiger charge is -2.29. The number of hydrogen-bond acceptors (Lipinski definition) is 4. The van der Waals surface area contributed by atoms with Crippen molar-refractivity contribution < 1.29 is 9.53 Å². The number of carbonyl (C=O) groups excluding carboxylic acids is 1. The van der Waals surface area contributed by atoms with Gasteiger partial charge in [-0.15, -0.1) is 6.42 Å². The molecule has 0 bridgehead atoms. The molecule has 21 heavy (non-hydrogen) atoms. The van der Waals surface area contributed by atoms with Gasteiger partial charge in [-0.05, 0) is 31.2 Å². The Bertz CT molecular complexity index is 501. The second-order valence-electron chi connectivity index (χ2n) is 4.93. The summed E-state index contributed by atoms with van der Waals surface area (Å²) in [7, 11) is 0. The number of nitrogens with zero attached hydrogens (tertiary/aromatic N) is 1. The highest BCUT2D eigenvalue weighted by Gasteiger charge is 2.13. The predicted octanol–water partition coefficient (Wildman–Crippen LogP) is 1.07. The van der Waals surface area contributed by atoms with E-state index in [2.05, 4.69) is 33.6 Å². The molecule has 5 heteroatoms. The van der Waals surface area contributed by atoms with Crippen molar-refractivity contribution in [2.75, 3.05) is 43.1 Å². The fourth-order valence-electron chi connectivity index (χ4n) is 2.20. The lowest BCUT2D eigenvalue weighted by molar-refractivity contribution is -0.121. The van der Waals surface area contributed by atoms with Gasteiger partial charge < -0.3 is 20.3 Å². The van der Waals surface area contributed by atoms with Crippen molar-refractivity contribution in [3.8, 4) is 12.3 Å². The second-order valence-corrected chi connectivity index (χ2v) is 4.93. The van der Waals surface area contributed by atoms with Crippen molar-refractivity contribution in [1.29, 1.82) is 0 Å². The third-order valence-corrected chi connectivity index (χ3v) is 3.38. The van der Waals surface area contributed by atoms with Gasteiger partial charge in [-0.2, -0.15) is 0 Å². The van der Waals surface area contributed by atoms with E-state index in [0.717, 1.165) is 32.0 Å². The van der Waals surface area contributed by atoms with Crippen molar-refractivity contribution in [2.24, 2.45) is 0 Å². The summed E-state index contributed by atoms with van der Waals surface area (Å²) < 4.78 is 5.34. The first-order valence-electron chi connectivity index (χ1n) is 7.11. The van der Waals surface area contributed by atoms with E-state index >= 15 is 0 Å². The quantitative estimate of drug-likeness (QED) is 0.796. The highest BCUT2D eigenvalue weighted by molar-refractivity contribution is 5.84. The Labute approximate surface area is 125 Å². The van der Waals surface area contributed by atoms with Gasteiger partial charge in [0.15, 0.2) is 0 Å². The minimum atomic E-state index is -0.326. The van der Waals surface area contributed by atoms with E-state index in [9.17, 15) is 4.79 Å². The molecule has 0 saturated carbocycles. The largest absolute Gasteiger partial charge is 0.378 e. The van der Waals surface area contributed by atoms with E-state index in [1.807, 2.05) is 19.1 Å². The predicted molar refractivity (Wildman–Crippen MR) is 84.4 cm³/mol. The number of amides is 1. The van der Waals surface area contributed by atoms with Crippen molar-refractivity contribution in [2.45, 2.75) is 13.0 Å². The van der Waals surface area contributed by atoms with Crippen LogP contribution >= 0.6 is 0 Å². The van der Waals surface area contributed by atoms with Gasteiger partial charge >= 0.3 is 0 Å². The fraction of sp³-hybridized carbons (Fsp3) is 0.438. The molecule has 1 heterocycles. The zero-order valence-electron chi connectivity index (χ0n) is 12.3. The average molecular weight is 287 g/mol. The summed E-state index contributed by atoms with van der Waals surface area (Å²) in [6.45, 7) is 5.43. The monoisotopic (exact) mass is 287 g/mol. The molecule has 0 radical (unpaired) electrons. The molecule has 0 aliphatic carbocycles. The molecule has 112 valence electrons. The number of rotatable bonds is 5. The number of anilines is 2. The van der Waals surface area contributed by atoms with Gasteiger partial charge in [0.2, 0.25) is 5.91 Å². The van der Waals surface area contributed by atoms with Gasteiger partial charge in [0.1, 0.15) is 6.04 Å². The first-order valence-corrected chi connectivity index (χ1v) is 7.11. The summed E-state index contributed by atoms with van der Waals surface area (Å²) in [5.74, 6) is 2.28. The topological polar surface area (TPSA) is 53.6 Å². The number of terminal acetylenes is 1. The second kappa shape index (κ2) is 7.55. The van der Waals surface area contributed by atoms with Gasteiger partial charge in [-0.3, -0.25) is 4.79 Å². The maximum atomic E-state index is 11.7. The number of benzene rings is 1. The summed E-state index contributed by atoms with van der Waals surface area (Å²) >= 11 is 0. The van der Waals surface area contributed by atoms with Crippen LogP contribution in [-0.4, -0.2) is 44.8 Å². The van der Waals surface area contributed by atoms with Crippen LogP contribution < -0.4 is 15.5 Å². The molecule has 0 spiro atoms. The van der Waals surface area contributed by atoms with E-state index < -0.39 is 0 Å². The number of carbonyl (C=O) groups is 1. The highest BCUT2D eigenvalue weighted by Crippen LogP contribution is 2.19. The molecule has 1 unspecified atom stereocenters.